The molecule has 0 spiro atoms. The lowest BCUT2D eigenvalue weighted by Gasteiger charge is -2.00. The second-order valence-corrected chi connectivity index (χ2v) is 9.44. The molecule has 0 amide bonds. The highest BCUT2D eigenvalue weighted by atomic mass is 79.9. The summed E-state index contributed by atoms with van der Waals surface area (Å²) in [5, 5.41) is 18.7. The van der Waals surface area contributed by atoms with Gasteiger partial charge in [0.1, 0.15) is 0 Å². The lowest BCUT2D eigenvalue weighted by Crippen LogP contribution is -2.14. The molecule has 0 N–H and O–H groups in total. The number of benzene rings is 3. The van der Waals surface area contributed by atoms with E-state index in [1.165, 1.54) is 11.3 Å². The topological polar surface area (TPSA) is 80.9 Å². The van der Waals surface area contributed by atoms with Crippen LogP contribution in [0.25, 0.3) is 17.5 Å². The Morgan fingerprint density at radius 3 is 2.35 bits per heavy atom. The number of para-hydroxylation sites is 1. The van der Waals surface area contributed by atoms with Crippen LogP contribution in [0.4, 0.5) is 16.4 Å². The number of hydrogen-bond acceptors (Lipinski definition) is 7. The van der Waals surface area contributed by atoms with Crippen molar-refractivity contribution >= 4 is 55.2 Å². The van der Waals surface area contributed by atoms with Gasteiger partial charge in [-0.25, -0.2) is 9.56 Å². The Bertz CT molecular complexity index is 1520. The molecule has 0 atom stereocenters. The Labute approximate surface area is 212 Å². The maximum atomic E-state index is 6.01. The molecule has 168 valence electrons. The van der Waals surface area contributed by atoms with Crippen molar-refractivity contribution in [3.05, 3.63) is 98.9 Å². The highest BCUT2D eigenvalue weighted by Gasteiger charge is 2.18. The minimum absolute atomic E-state index is 0.290. The summed E-state index contributed by atoms with van der Waals surface area (Å²) in [6, 6.07) is 24.8. The summed E-state index contributed by atoms with van der Waals surface area (Å²) < 4.78 is 8.78. The van der Waals surface area contributed by atoms with Crippen LogP contribution in [0.2, 0.25) is 5.02 Å². The molecule has 0 saturated heterocycles. The number of aromatic nitrogens is 3. The third kappa shape index (κ3) is 4.91. The first kappa shape index (κ1) is 22.4. The van der Waals surface area contributed by atoms with Crippen molar-refractivity contribution in [1.29, 1.82) is 0 Å². The van der Waals surface area contributed by atoms with E-state index in [4.69, 9.17) is 21.0 Å². The van der Waals surface area contributed by atoms with Gasteiger partial charge in [0.15, 0.2) is 5.00 Å². The van der Waals surface area contributed by atoms with Crippen LogP contribution in [-0.4, -0.2) is 14.8 Å². The van der Waals surface area contributed by atoms with Crippen LogP contribution in [0, 0.1) is 6.92 Å². The zero-order valence-corrected chi connectivity index (χ0v) is 20.9. The van der Waals surface area contributed by atoms with E-state index < -0.39 is 0 Å². The summed E-state index contributed by atoms with van der Waals surface area (Å²) in [5.41, 5.74) is 3.10. The minimum atomic E-state index is 0.290. The Morgan fingerprint density at radius 1 is 0.882 bits per heavy atom. The Balaban J connectivity index is 1.60. The van der Waals surface area contributed by atoms with Crippen molar-refractivity contribution in [1.82, 2.24) is 14.8 Å². The highest BCUT2D eigenvalue weighted by molar-refractivity contribution is 9.10. The van der Waals surface area contributed by atoms with Crippen LogP contribution < -0.4 is 4.80 Å². The van der Waals surface area contributed by atoms with Crippen LogP contribution in [0.5, 0.6) is 0 Å². The highest BCUT2D eigenvalue weighted by Crippen LogP contribution is 2.29. The maximum absolute atomic E-state index is 6.01. The van der Waals surface area contributed by atoms with Crippen molar-refractivity contribution in [3.63, 3.8) is 0 Å². The molecule has 3 aromatic carbocycles. The second kappa shape index (κ2) is 9.84. The standard InChI is InChI=1S/C24H16BrClN6OS/c1-15-22(30-28-20-13-9-17(25)10-14-20)34-24(27-19-5-3-2-4-6-19)32(15)23-31-29-21(33-23)16-7-11-18(26)12-8-16/h2-14H,1H3. The maximum Gasteiger partial charge on any atom is 0.329 e. The van der Waals surface area contributed by atoms with E-state index in [2.05, 4.69) is 36.4 Å². The average molecular weight is 552 g/mol. The zero-order valence-electron chi connectivity index (χ0n) is 17.8. The average Bonchev–Trinajstić information content (AvgIpc) is 3.44. The molecule has 0 aliphatic rings. The third-order valence-electron chi connectivity index (χ3n) is 4.78. The van der Waals surface area contributed by atoms with Gasteiger partial charge in [-0.3, -0.25) is 0 Å². The van der Waals surface area contributed by atoms with E-state index in [1.807, 2.05) is 73.7 Å². The number of rotatable bonds is 5. The van der Waals surface area contributed by atoms with E-state index >= 15 is 0 Å². The summed E-state index contributed by atoms with van der Waals surface area (Å²) >= 11 is 10.8. The molecule has 5 rings (SSSR count). The van der Waals surface area contributed by atoms with Crippen molar-refractivity contribution < 1.29 is 4.42 Å². The smallest absolute Gasteiger partial charge is 0.329 e. The molecule has 0 aliphatic heterocycles. The van der Waals surface area contributed by atoms with Crippen LogP contribution in [0.1, 0.15) is 5.69 Å². The van der Waals surface area contributed by atoms with E-state index in [0.29, 0.717) is 26.7 Å². The summed E-state index contributed by atoms with van der Waals surface area (Å²) in [6.45, 7) is 1.92. The lowest BCUT2D eigenvalue weighted by molar-refractivity contribution is 0.531. The SMILES string of the molecule is Cc1c(N=Nc2ccc(Br)cc2)sc(=Nc2ccccc2)n1-c1nnc(-c2ccc(Cl)cc2)o1. The molecule has 34 heavy (non-hydrogen) atoms. The summed E-state index contributed by atoms with van der Waals surface area (Å²) in [4.78, 5) is 5.43. The van der Waals surface area contributed by atoms with Gasteiger partial charge in [-0.15, -0.1) is 15.3 Å². The molecule has 0 aliphatic carbocycles. The van der Waals surface area contributed by atoms with Gasteiger partial charge in [0, 0.05) is 15.1 Å². The third-order valence-corrected chi connectivity index (χ3v) is 6.59. The van der Waals surface area contributed by atoms with Gasteiger partial charge >= 0.3 is 6.01 Å². The molecule has 0 saturated carbocycles. The van der Waals surface area contributed by atoms with Crippen LogP contribution in [0.15, 0.2) is 103 Å². The second-order valence-electron chi connectivity index (χ2n) is 7.13. The van der Waals surface area contributed by atoms with Gasteiger partial charge in [-0.2, -0.15) is 0 Å². The molecular weight excluding hydrogens is 536 g/mol. The fraction of sp³-hybridized carbons (Fsp3) is 0.0417. The molecule has 7 nitrogen and oxygen atoms in total. The number of azo groups is 1. The van der Waals surface area contributed by atoms with Crippen LogP contribution in [0.3, 0.4) is 0 Å². The predicted octanol–water partition coefficient (Wildman–Crippen LogP) is 7.96. The number of hydrogen-bond donors (Lipinski definition) is 0. The predicted molar refractivity (Wildman–Crippen MR) is 137 cm³/mol. The van der Waals surface area contributed by atoms with Crippen molar-refractivity contribution in [2.24, 2.45) is 15.2 Å². The molecule has 5 aromatic rings. The number of thiazole rings is 1. The van der Waals surface area contributed by atoms with Gasteiger partial charge < -0.3 is 4.42 Å². The fourth-order valence-corrected chi connectivity index (χ4v) is 4.42. The van der Waals surface area contributed by atoms with Gasteiger partial charge in [0.2, 0.25) is 10.7 Å². The van der Waals surface area contributed by atoms with Crippen molar-refractivity contribution in [2.75, 3.05) is 0 Å². The normalized spacial score (nSPS) is 12.0. The van der Waals surface area contributed by atoms with Gasteiger partial charge in [-0.1, -0.05) is 62.2 Å². The van der Waals surface area contributed by atoms with Gasteiger partial charge in [-0.05, 0) is 67.6 Å². The van der Waals surface area contributed by atoms with Gasteiger partial charge in [0.05, 0.1) is 17.1 Å². The lowest BCUT2D eigenvalue weighted by atomic mass is 10.2. The molecule has 2 aromatic heterocycles. The molecular formula is C24H16BrClN6OS. The van der Waals surface area contributed by atoms with Crippen molar-refractivity contribution in [2.45, 2.75) is 6.92 Å². The van der Waals surface area contributed by atoms with Crippen LogP contribution in [-0.2, 0) is 0 Å². The first-order valence-corrected chi connectivity index (χ1v) is 12.1. The Morgan fingerprint density at radius 2 is 1.62 bits per heavy atom. The van der Waals surface area contributed by atoms with Gasteiger partial charge in [0.25, 0.3) is 0 Å². The minimum Gasteiger partial charge on any atom is -0.403 e. The summed E-state index contributed by atoms with van der Waals surface area (Å²) in [6.07, 6.45) is 0. The van der Waals surface area contributed by atoms with E-state index in [9.17, 15) is 0 Å². The van der Waals surface area contributed by atoms with E-state index in [0.717, 1.165) is 27.1 Å². The van der Waals surface area contributed by atoms with E-state index in [-0.39, 0.29) is 0 Å². The zero-order chi connectivity index (χ0) is 23.5. The summed E-state index contributed by atoms with van der Waals surface area (Å²) in [7, 11) is 0. The Kier molecular flexibility index (Phi) is 6.48. The number of nitrogens with zero attached hydrogens (tertiary/aromatic N) is 6. The first-order chi connectivity index (χ1) is 16.6. The molecule has 0 bridgehead atoms. The fourth-order valence-electron chi connectivity index (χ4n) is 3.07. The van der Waals surface area contributed by atoms with Crippen LogP contribution >= 0.6 is 38.9 Å². The molecule has 0 fully saturated rings. The molecule has 10 heteroatoms. The molecule has 0 radical (unpaired) electrons. The van der Waals surface area contributed by atoms with Crippen molar-refractivity contribution in [3.8, 4) is 17.5 Å². The molecule has 2 heterocycles. The Hall–Kier alpha value is -3.40. The number of halogens is 2. The molecule has 0 unspecified atom stereocenters. The summed E-state index contributed by atoms with van der Waals surface area (Å²) in [5.74, 6) is 0.383. The van der Waals surface area contributed by atoms with E-state index in [1.54, 1.807) is 16.7 Å². The first-order valence-electron chi connectivity index (χ1n) is 10.2. The quantitative estimate of drug-likeness (QED) is 0.208. The monoisotopic (exact) mass is 550 g/mol. The largest absolute Gasteiger partial charge is 0.403 e.